The van der Waals surface area contributed by atoms with E-state index in [4.69, 9.17) is 31.6 Å². The maximum atomic E-state index is 15.1. The Labute approximate surface area is 451 Å². The molecule has 4 unspecified atom stereocenters. The zero-order chi connectivity index (χ0) is 60.1. The highest BCUT2D eigenvalue weighted by Crippen LogP contribution is 2.41. The minimum atomic E-state index is -5.08. The van der Waals surface area contributed by atoms with E-state index in [1.54, 1.807) is 12.3 Å². The van der Waals surface area contributed by atoms with E-state index >= 15 is 4.39 Å². The van der Waals surface area contributed by atoms with E-state index in [1.165, 1.54) is 4.90 Å². The third-order valence-corrected chi connectivity index (χ3v) is 11.7. The van der Waals surface area contributed by atoms with Gasteiger partial charge in [-0.1, -0.05) is 78.8 Å². The van der Waals surface area contributed by atoms with Gasteiger partial charge in [-0.05, 0) is 48.1 Å². The normalized spacial score (nSPS) is 12.8. The van der Waals surface area contributed by atoms with Gasteiger partial charge in [0.05, 0.1) is 30.3 Å². The molecule has 1 heterocycles. The summed E-state index contributed by atoms with van der Waals surface area (Å²) in [7, 11) is 0. The van der Waals surface area contributed by atoms with Gasteiger partial charge in [0.15, 0.2) is 0 Å². The zero-order valence-corrected chi connectivity index (χ0v) is 45.0. The smallest absolute Gasteiger partial charge is 0.481 e. The standard InChI is InChI=1S/C44H58F2N8O12S.C2HF3O2.2C2H6/c1-44(2,3)39(33-17-26(28-18-27(45)9-10-29(28)46)22-53(33)21-25-7-5-4-6-8-25)54(36(57)23-55)16-13-30(47)40(62)49-14-15-50-41(63)32(11-12-37(58)59)52-35(56)20-51-42(64)34(19-38(60)61)67-24-31(48)43(65)66;3-2(4,5)1(6)7;2*1-2/h4-10,17-18,22,30-32,34,39,55H,11-16,19-21,23-24,47-48H2,1-3H3,(H,49,62)(H,50,63)(H,51,64)(H,52,56)(H,58,59)(H,60,61)(H,65,66);(H,6,7);2*1-2H3/t30?,31-,32?,34?,39?;;;/m0.../s1. The molecule has 0 spiro atoms. The molecule has 5 amide bonds. The van der Waals surface area contributed by atoms with E-state index < -0.39 is 132 Å². The molecule has 78 heavy (non-hydrogen) atoms. The third kappa shape index (κ3) is 25.8. The van der Waals surface area contributed by atoms with Crippen LogP contribution in [0.25, 0.3) is 11.1 Å². The topological polar surface area (TPSA) is 363 Å². The number of aliphatic carboxylic acids is 4. The number of hydrogen-bond acceptors (Lipinski definition) is 13. The molecule has 3 aromatic rings. The van der Waals surface area contributed by atoms with Gasteiger partial charge < -0.3 is 67.7 Å². The molecule has 2 aromatic carbocycles. The number of rotatable bonds is 27. The van der Waals surface area contributed by atoms with E-state index in [2.05, 4.69) is 21.3 Å². The van der Waals surface area contributed by atoms with Crippen molar-refractivity contribution >= 4 is 65.2 Å². The van der Waals surface area contributed by atoms with Crippen LogP contribution in [0.15, 0.2) is 60.8 Å². The number of aromatic nitrogens is 1. The molecule has 0 aliphatic heterocycles. The first kappa shape index (κ1) is 70.8. The minimum Gasteiger partial charge on any atom is -0.481 e. The van der Waals surface area contributed by atoms with Gasteiger partial charge in [0.2, 0.25) is 29.5 Å². The summed E-state index contributed by atoms with van der Waals surface area (Å²) >= 11 is 0.657. The lowest BCUT2D eigenvalue weighted by molar-refractivity contribution is -0.192. The van der Waals surface area contributed by atoms with Crippen molar-refractivity contribution in [3.63, 3.8) is 0 Å². The number of aliphatic hydroxyl groups is 1. The molecule has 0 fully saturated rings. The first-order valence-corrected chi connectivity index (χ1v) is 25.3. The van der Waals surface area contributed by atoms with Crippen LogP contribution < -0.4 is 32.7 Å². The van der Waals surface area contributed by atoms with Crippen LogP contribution in [-0.2, 0) is 49.7 Å². The summed E-state index contributed by atoms with van der Waals surface area (Å²) in [5, 5.41) is 52.8. The number of halogens is 5. The third-order valence-electron chi connectivity index (χ3n) is 10.4. The van der Waals surface area contributed by atoms with Crippen LogP contribution in [-0.4, -0.2) is 157 Å². The van der Waals surface area contributed by atoms with E-state index in [-0.39, 0.29) is 50.3 Å². The minimum absolute atomic E-state index is 0.000704. The van der Waals surface area contributed by atoms with Crippen molar-refractivity contribution in [1.29, 1.82) is 0 Å². The first-order chi connectivity index (χ1) is 36.5. The molecule has 22 nitrogen and oxygen atoms in total. The predicted molar refractivity (Wildman–Crippen MR) is 277 cm³/mol. The average molecular weight is 1140 g/mol. The monoisotopic (exact) mass is 1130 g/mol. The summed E-state index contributed by atoms with van der Waals surface area (Å²) in [6, 6.07) is 9.26. The molecule has 28 heteroatoms. The van der Waals surface area contributed by atoms with Crippen LogP contribution in [0.1, 0.15) is 91.4 Å². The van der Waals surface area contributed by atoms with Crippen LogP contribution in [0, 0.1) is 17.0 Å². The van der Waals surface area contributed by atoms with Gasteiger partial charge in [0.1, 0.15) is 30.3 Å². The van der Waals surface area contributed by atoms with Crippen molar-refractivity contribution in [1.82, 2.24) is 30.7 Å². The first-order valence-electron chi connectivity index (χ1n) is 24.3. The van der Waals surface area contributed by atoms with Gasteiger partial charge >= 0.3 is 30.1 Å². The number of aliphatic hydroxyl groups excluding tert-OH is 1. The molecular formula is C50H71F5N8O14S. The van der Waals surface area contributed by atoms with Gasteiger partial charge in [-0.25, -0.2) is 13.6 Å². The van der Waals surface area contributed by atoms with E-state index in [0.29, 0.717) is 23.0 Å². The molecule has 0 aliphatic carbocycles. The number of thioether (sulfide) groups is 1. The molecular weight excluding hydrogens is 1060 g/mol. The summed E-state index contributed by atoms with van der Waals surface area (Å²) in [6.07, 6.45) is -5.16. The van der Waals surface area contributed by atoms with Crippen molar-refractivity contribution in [2.45, 2.75) is 116 Å². The fourth-order valence-corrected chi connectivity index (χ4v) is 7.95. The largest absolute Gasteiger partial charge is 0.490 e. The fourth-order valence-electron chi connectivity index (χ4n) is 6.88. The second-order valence-electron chi connectivity index (χ2n) is 17.3. The number of carbonyl (C=O) groups is 9. The van der Waals surface area contributed by atoms with Gasteiger partial charge in [0.25, 0.3) is 0 Å². The molecule has 3 rings (SSSR count). The van der Waals surface area contributed by atoms with Crippen LogP contribution in [0.3, 0.4) is 0 Å². The lowest BCUT2D eigenvalue weighted by atomic mass is 9.82. The second kappa shape index (κ2) is 35.3. The van der Waals surface area contributed by atoms with Gasteiger partial charge in [-0.2, -0.15) is 13.2 Å². The molecule has 436 valence electrons. The van der Waals surface area contributed by atoms with Gasteiger partial charge in [-0.3, -0.25) is 38.4 Å². The molecule has 0 aliphatic rings. The molecule has 0 bridgehead atoms. The molecule has 13 N–H and O–H groups in total. The molecule has 0 saturated carbocycles. The average Bonchev–Trinajstić information content (AvgIpc) is 3.78. The van der Waals surface area contributed by atoms with Crippen molar-refractivity contribution in [3.8, 4) is 11.1 Å². The Kier molecular flexibility index (Phi) is 32.0. The van der Waals surface area contributed by atoms with Crippen LogP contribution in [0.5, 0.6) is 0 Å². The SMILES string of the molecule is CC.CC.CC(C)(C)C(c1cc(-c2cc(F)ccc2F)cn1Cc1ccccc1)N(CCC(N)C(=O)NCCNC(=O)C(CCC(=O)O)NC(=O)CNC(=O)C(CC(=O)O)SC[C@H](N)C(=O)O)C(=O)CO.O=C(O)C(F)(F)F. The highest BCUT2D eigenvalue weighted by Gasteiger charge is 2.39. The predicted octanol–water partition coefficient (Wildman–Crippen LogP) is 3.48. The maximum absolute atomic E-state index is 15.1. The summed E-state index contributed by atoms with van der Waals surface area (Å²) in [5.74, 6) is -12.5. The number of amides is 5. The molecule has 0 saturated heterocycles. The Morgan fingerprint density at radius 2 is 1.33 bits per heavy atom. The summed E-state index contributed by atoms with van der Waals surface area (Å²) in [5.41, 5.74) is 12.7. The van der Waals surface area contributed by atoms with Crippen molar-refractivity contribution in [2.75, 3.05) is 38.5 Å². The molecule has 5 atom stereocenters. The van der Waals surface area contributed by atoms with Crippen LogP contribution >= 0.6 is 11.8 Å². The fraction of sp³-hybridized carbons (Fsp3) is 0.500. The summed E-state index contributed by atoms with van der Waals surface area (Å²) in [6.45, 7) is 11.7. The molecule has 0 radical (unpaired) electrons. The zero-order valence-electron chi connectivity index (χ0n) is 44.2. The van der Waals surface area contributed by atoms with Gasteiger partial charge in [0, 0.05) is 61.4 Å². The van der Waals surface area contributed by atoms with Gasteiger partial charge in [-0.15, -0.1) is 11.8 Å². The van der Waals surface area contributed by atoms with E-state index in [0.717, 1.165) is 23.8 Å². The number of alkyl halides is 3. The number of nitrogens with two attached hydrogens (primary N) is 2. The highest BCUT2D eigenvalue weighted by molar-refractivity contribution is 8.00. The number of hydrogen-bond donors (Lipinski definition) is 11. The number of benzene rings is 2. The van der Waals surface area contributed by atoms with Crippen molar-refractivity contribution < 1.29 is 90.6 Å². The Balaban J connectivity index is 0.00000492. The van der Waals surface area contributed by atoms with Crippen LogP contribution in [0.4, 0.5) is 22.0 Å². The Morgan fingerprint density at radius 3 is 1.85 bits per heavy atom. The number of nitrogens with zero attached hydrogens (tertiary/aromatic N) is 2. The number of carboxylic acids is 4. The Bertz CT molecular complexity index is 2440. The number of carbonyl (C=O) groups excluding carboxylic acids is 5. The van der Waals surface area contributed by atoms with E-state index in [1.807, 2.05) is 83.4 Å². The summed E-state index contributed by atoms with van der Waals surface area (Å²) in [4.78, 5) is 109. The highest BCUT2D eigenvalue weighted by atomic mass is 32.2. The second-order valence-corrected chi connectivity index (χ2v) is 18.6. The quantitative estimate of drug-likeness (QED) is 0.0384. The lowest BCUT2D eigenvalue weighted by Gasteiger charge is -2.41. The Morgan fingerprint density at radius 1 is 0.756 bits per heavy atom. The molecule has 1 aromatic heterocycles. The van der Waals surface area contributed by atoms with Crippen molar-refractivity contribution in [2.24, 2.45) is 16.9 Å². The lowest BCUT2D eigenvalue weighted by Crippen LogP contribution is -2.51. The summed E-state index contributed by atoms with van der Waals surface area (Å²) < 4.78 is 63.0. The van der Waals surface area contributed by atoms with Crippen molar-refractivity contribution in [3.05, 3.63) is 83.7 Å². The maximum Gasteiger partial charge on any atom is 0.490 e. The number of carboxylic acid groups (broad SMARTS) is 4. The Hall–Kier alpha value is -7.17. The van der Waals surface area contributed by atoms with E-state index in [9.17, 15) is 66.1 Å². The number of nitrogens with one attached hydrogen (secondary N) is 4. The van der Waals surface area contributed by atoms with Crippen LogP contribution in [0.2, 0.25) is 0 Å².